The first-order valence-corrected chi connectivity index (χ1v) is 7.44. The minimum absolute atomic E-state index is 0.266. The zero-order chi connectivity index (χ0) is 8.36. The van der Waals surface area contributed by atoms with Crippen molar-refractivity contribution in [2.75, 3.05) is 5.75 Å². The van der Waals surface area contributed by atoms with Gasteiger partial charge in [-0.25, -0.2) is 8.42 Å². The van der Waals surface area contributed by atoms with Gasteiger partial charge in [0.05, 0.1) is 27.0 Å². The number of halogens is 1. The van der Waals surface area contributed by atoms with E-state index in [4.69, 9.17) is 0 Å². The summed E-state index contributed by atoms with van der Waals surface area (Å²) in [7, 11) is -2.80. The molecule has 62 valence electrons. The quantitative estimate of drug-likeness (QED) is 0.584. The van der Waals surface area contributed by atoms with E-state index in [0.717, 1.165) is 0 Å². The largest absolute Gasteiger partial charge is 0.218 e. The first kappa shape index (κ1) is 10.7. The molecule has 0 aromatic rings. The Morgan fingerprint density at radius 1 is 1.30 bits per heavy atom. The Balaban J connectivity index is 3.93. The maximum absolute atomic E-state index is 10.7. The Kier molecular flexibility index (Phi) is 4.16. The molecule has 0 amide bonds. The van der Waals surface area contributed by atoms with Crippen molar-refractivity contribution < 1.29 is 8.42 Å². The van der Waals surface area contributed by atoms with Gasteiger partial charge in [-0.1, -0.05) is 20.8 Å². The first-order valence-electron chi connectivity index (χ1n) is 3.25. The van der Waals surface area contributed by atoms with Crippen LogP contribution in [-0.2, 0) is 7.01 Å². The van der Waals surface area contributed by atoms with E-state index < -0.39 is 7.01 Å². The molecule has 0 saturated heterocycles. The van der Waals surface area contributed by atoms with Gasteiger partial charge in [-0.2, -0.15) is 0 Å². The fourth-order valence-corrected chi connectivity index (χ4v) is 3.22. The third-order valence-electron chi connectivity index (χ3n) is 1.60. The van der Waals surface area contributed by atoms with E-state index >= 15 is 0 Å². The molecule has 0 aromatic heterocycles. The van der Waals surface area contributed by atoms with E-state index in [0.29, 0.717) is 11.7 Å². The van der Waals surface area contributed by atoms with Crippen LogP contribution in [0.25, 0.3) is 0 Å². The van der Waals surface area contributed by atoms with Crippen LogP contribution >= 0.6 is 21.2 Å². The Morgan fingerprint density at radius 2 is 1.70 bits per heavy atom. The molecule has 0 fully saturated rings. The van der Waals surface area contributed by atoms with E-state index in [1.54, 1.807) is 0 Å². The molecule has 0 radical (unpaired) electrons. The summed E-state index contributed by atoms with van der Waals surface area (Å²) in [6.07, 6.45) is 0. The van der Waals surface area contributed by atoms with Crippen molar-refractivity contribution in [1.29, 1.82) is 0 Å². The zero-order valence-electron chi connectivity index (χ0n) is 6.46. The van der Waals surface area contributed by atoms with Crippen molar-refractivity contribution in [2.45, 2.75) is 20.8 Å². The molecule has 0 aromatic carbocycles. The molecule has 0 saturated carbocycles. The fraction of sp³-hybridized carbons (Fsp3) is 1.00. The van der Waals surface area contributed by atoms with Crippen LogP contribution in [-0.4, -0.2) is 14.2 Å². The van der Waals surface area contributed by atoms with Crippen molar-refractivity contribution >= 4 is 28.2 Å². The molecule has 0 heterocycles. The van der Waals surface area contributed by atoms with Gasteiger partial charge in [-0.15, -0.1) is 0 Å². The van der Waals surface area contributed by atoms with Crippen molar-refractivity contribution in [1.82, 2.24) is 0 Å². The summed E-state index contributed by atoms with van der Waals surface area (Å²) >= 11 is 1.50. The van der Waals surface area contributed by atoms with Crippen molar-refractivity contribution in [3.8, 4) is 0 Å². The highest BCUT2D eigenvalue weighted by Crippen LogP contribution is 2.15. The maximum Gasteiger partial charge on any atom is 0.203 e. The third kappa shape index (κ3) is 5.46. The Morgan fingerprint density at radius 3 is 1.80 bits per heavy atom. The van der Waals surface area contributed by atoms with Gasteiger partial charge in [0.1, 0.15) is 0 Å². The molecular formula is C6H13IO2S. The number of rotatable bonds is 3. The fourth-order valence-electron chi connectivity index (χ4n) is 0.506. The summed E-state index contributed by atoms with van der Waals surface area (Å²) < 4.78 is 21.5. The lowest BCUT2D eigenvalue weighted by molar-refractivity contribution is 0.456. The summed E-state index contributed by atoms with van der Waals surface area (Å²) in [5.74, 6) is 1.01. The molecule has 0 spiro atoms. The first-order chi connectivity index (χ1) is 4.33. The van der Waals surface area contributed by atoms with E-state index in [1.807, 2.05) is 20.8 Å². The summed E-state index contributed by atoms with van der Waals surface area (Å²) in [5, 5.41) is 0. The van der Waals surface area contributed by atoms with Gasteiger partial charge in [0, 0.05) is 0 Å². The monoisotopic (exact) mass is 276 g/mol. The van der Waals surface area contributed by atoms with Gasteiger partial charge >= 0.3 is 0 Å². The van der Waals surface area contributed by atoms with Crippen molar-refractivity contribution in [3.63, 3.8) is 0 Å². The van der Waals surface area contributed by atoms with Gasteiger partial charge in [0.15, 0.2) is 0 Å². The Bertz CT molecular complexity index is 184. The summed E-state index contributed by atoms with van der Waals surface area (Å²) in [4.78, 5) is 0. The predicted octanol–water partition coefficient (Wildman–Crippen LogP) is 2.04. The topological polar surface area (TPSA) is 34.1 Å². The van der Waals surface area contributed by atoms with Gasteiger partial charge in [0.2, 0.25) is 7.01 Å². The van der Waals surface area contributed by atoms with Gasteiger partial charge in [-0.05, 0) is 11.8 Å². The van der Waals surface area contributed by atoms with Crippen LogP contribution in [0.1, 0.15) is 20.8 Å². The van der Waals surface area contributed by atoms with Crippen LogP contribution in [0.4, 0.5) is 0 Å². The second-order valence-corrected chi connectivity index (χ2v) is 8.36. The van der Waals surface area contributed by atoms with Gasteiger partial charge in [0.25, 0.3) is 0 Å². The standard InChI is InChI=1S/C6H13IO2S/c1-5(2)6(3)4-10(7,8)9/h5-6H,4H2,1-3H3. The molecule has 0 aliphatic rings. The average Bonchev–Trinajstić information content (AvgIpc) is 1.60. The van der Waals surface area contributed by atoms with Crippen LogP contribution in [0, 0.1) is 11.8 Å². The normalized spacial score (nSPS) is 15.7. The van der Waals surface area contributed by atoms with E-state index in [2.05, 4.69) is 0 Å². The van der Waals surface area contributed by atoms with Crippen molar-refractivity contribution in [2.24, 2.45) is 11.8 Å². The highest BCUT2D eigenvalue weighted by atomic mass is 127. The second-order valence-electron chi connectivity index (χ2n) is 2.93. The molecule has 10 heavy (non-hydrogen) atoms. The Hall–Kier alpha value is 0.680. The average molecular weight is 276 g/mol. The van der Waals surface area contributed by atoms with E-state index in [1.165, 1.54) is 21.2 Å². The summed E-state index contributed by atoms with van der Waals surface area (Å²) in [6, 6.07) is 0. The summed E-state index contributed by atoms with van der Waals surface area (Å²) in [6.45, 7) is 6.03. The molecule has 0 aliphatic heterocycles. The van der Waals surface area contributed by atoms with Gasteiger partial charge < -0.3 is 0 Å². The third-order valence-corrected chi connectivity index (χ3v) is 3.60. The molecule has 0 bridgehead atoms. The molecule has 1 atom stereocenters. The maximum atomic E-state index is 10.7. The van der Waals surface area contributed by atoms with Crippen LogP contribution in [0.2, 0.25) is 0 Å². The molecule has 0 N–H and O–H groups in total. The number of hydrogen-bond acceptors (Lipinski definition) is 2. The lowest BCUT2D eigenvalue weighted by Crippen LogP contribution is -2.13. The van der Waals surface area contributed by atoms with Gasteiger partial charge in [-0.3, -0.25) is 0 Å². The van der Waals surface area contributed by atoms with Crippen molar-refractivity contribution in [3.05, 3.63) is 0 Å². The zero-order valence-corrected chi connectivity index (χ0v) is 9.44. The van der Waals surface area contributed by atoms with Crippen LogP contribution in [0.3, 0.4) is 0 Å². The van der Waals surface area contributed by atoms with E-state index in [-0.39, 0.29) is 5.92 Å². The van der Waals surface area contributed by atoms with Crippen LogP contribution < -0.4 is 0 Å². The minimum Gasteiger partial charge on any atom is -0.218 e. The predicted molar refractivity (Wildman–Crippen MR) is 51.8 cm³/mol. The van der Waals surface area contributed by atoms with Crippen LogP contribution in [0.15, 0.2) is 0 Å². The molecule has 0 aliphatic carbocycles. The highest BCUT2D eigenvalue weighted by molar-refractivity contribution is 14.2. The molecular weight excluding hydrogens is 263 g/mol. The number of hydrogen-bond donors (Lipinski definition) is 0. The molecule has 2 nitrogen and oxygen atoms in total. The molecule has 4 heteroatoms. The van der Waals surface area contributed by atoms with Crippen LogP contribution in [0.5, 0.6) is 0 Å². The summed E-state index contributed by atoms with van der Waals surface area (Å²) in [5.41, 5.74) is 0. The Labute approximate surface area is 74.9 Å². The molecule has 1 unspecified atom stereocenters. The lowest BCUT2D eigenvalue weighted by Gasteiger charge is -2.12. The lowest BCUT2D eigenvalue weighted by atomic mass is 10.0. The van der Waals surface area contributed by atoms with E-state index in [9.17, 15) is 8.42 Å². The second kappa shape index (κ2) is 3.90. The SMILES string of the molecule is CC(C)C(C)CS(=O)(=O)I. The smallest absolute Gasteiger partial charge is 0.203 e. The minimum atomic E-state index is -2.80. The highest BCUT2D eigenvalue weighted by Gasteiger charge is 2.14. The molecule has 0 rings (SSSR count).